The van der Waals surface area contributed by atoms with Crippen LogP contribution in [0.3, 0.4) is 0 Å². The number of hydrogen-bond acceptors (Lipinski definition) is 4. The van der Waals surface area contributed by atoms with E-state index in [2.05, 4.69) is 40.2 Å². The highest BCUT2D eigenvalue weighted by Gasteiger charge is 2.16. The lowest BCUT2D eigenvalue weighted by Crippen LogP contribution is -2.02. The molecule has 0 fully saturated rings. The van der Waals surface area contributed by atoms with E-state index in [4.69, 9.17) is 19.7 Å². The van der Waals surface area contributed by atoms with Gasteiger partial charge < -0.3 is 19.7 Å². The molecular formula is C26H33BrO4. The Bertz CT molecular complexity index is 957. The third kappa shape index (κ3) is 6.58. The van der Waals surface area contributed by atoms with E-state index in [0.717, 1.165) is 88.9 Å². The minimum Gasteiger partial charge on any atom is -0.492 e. The first-order valence-electron chi connectivity index (χ1n) is 11.4. The van der Waals surface area contributed by atoms with Gasteiger partial charge in [0.05, 0.1) is 13.2 Å². The lowest BCUT2D eigenvalue weighted by atomic mass is 10.0. The van der Waals surface area contributed by atoms with Crippen LogP contribution in [-0.4, -0.2) is 36.6 Å². The first-order valence-corrected chi connectivity index (χ1v) is 12.2. The van der Waals surface area contributed by atoms with Crippen LogP contribution < -0.4 is 9.47 Å². The number of aliphatic hydroxyl groups excluding tert-OH is 2. The standard InChI is InChI=1S/C26H33BrO4/c27-20-13-14-23-24(19-20)26(31-18-10-4-2-8-16-29)22-12-6-5-11-21(22)25(23)30-17-9-3-1-7-15-28/h5-6,11-14,19,28-29H,1-4,7-10,15-18H2. The van der Waals surface area contributed by atoms with Crippen molar-refractivity contribution in [3.63, 3.8) is 0 Å². The molecule has 0 spiro atoms. The largest absolute Gasteiger partial charge is 0.492 e. The molecule has 0 unspecified atom stereocenters. The summed E-state index contributed by atoms with van der Waals surface area (Å²) in [7, 11) is 0. The maximum Gasteiger partial charge on any atom is 0.135 e. The maximum absolute atomic E-state index is 8.95. The molecule has 0 heterocycles. The van der Waals surface area contributed by atoms with Gasteiger partial charge in [0.1, 0.15) is 11.5 Å². The van der Waals surface area contributed by atoms with Crippen molar-refractivity contribution in [1.29, 1.82) is 0 Å². The summed E-state index contributed by atoms with van der Waals surface area (Å²) in [5.41, 5.74) is 0. The van der Waals surface area contributed by atoms with Gasteiger partial charge in [-0.05, 0) is 56.7 Å². The molecule has 0 amide bonds. The van der Waals surface area contributed by atoms with Crippen LogP contribution in [0.1, 0.15) is 51.4 Å². The number of hydrogen-bond donors (Lipinski definition) is 2. The molecule has 0 aliphatic heterocycles. The van der Waals surface area contributed by atoms with Crippen LogP contribution >= 0.6 is 15.9 Å². The Morgan fingerprint density at radius 2 is 1.06 bits per heavy atom. The highest BCUT2D eigenvalue weighted by molar-refractivity contribution is 9.10. The van der Waals surface area contributed by atoms with Crippen molar-refractivity contribution >= 4 is 37.5 Å². The molecule has 0 radical (unpaired) electrons. The summed E-state index contributed by atoms with van der Waals surface area (Å²) in [5, 5.41) is 22.1. The van der Waals surface area contributed by atoms with Gasteiger partial charge in [-0.25, -0.2) is 0 Å². The van der Waals surface area contributed by atoms with E-state index in [1.54, 1.807) is 0 Å². The second-order valence-corrected chi connectivity index (χ2v) is 8.78. The van der Waals surface area contributed by atoms with Gasteiger partial charge in [0.2, 0.25) is 0 Å². The van der Waals surface area contributed by atoms with Crippen LogP contribution in [0.2, 0.25) is 0 Å². The summed E-state index contributed by atoms with van der Waals surface area (Å²) in [5.74, 6) is 1.82. The lowest BCUT2D eigenvalue weighted by Gasteiger charge is -2.18. The topological polar surface area (TPSA) is 58.9 Å². The summed E-state index contributed by atoms with van der Waals surface area (Å²) < 4.78 is 13.7. The summed E-state index contributed by atoms with van der Waals surface area (Å²) in [4.78, 5) is 0. The number of ether oxygens (including phenoxy) is 2. The number of benzene rings is 3. The van der Waals surface area contributed by atoms with Crippen LogP contribution in [-0.2, 0) is 0 Å². The van der Waals surface area contributed by atoms with E-state index < -0.39 is 0 Å². The summed E-state index contributed by atoms with van der Waals surface area (Å²) in [6, 6.07) is 14.5. The Kier molecular flexibility index (Phi) is 9.91. The smallest absolute Gasteiger partial charge is 0.135 e. The van der Waals surface area contributed by atoms with Gasteiger partial charge >= 0.3 is 0 Å². The minimum atomic E-state index is 0.257. The second kappa shape index (κ2) is 12.9. The van der Waals surface area contributed by atoms with E-state index in [1.165, 1.54) is 0 Å². The molecule has 0 atom stereocenters. The summed E-state index contributed by atoms with van der Waals surface area (Å²) in [6.45, 7) is 1.83. The van der Waals surface area contributed by atoms with E-state index in [-0.39, 0.29) is 13.2 Å². The summed E-state index contributed by atoms with van der Waals surface area (Å²) >= 11 is 3.61. The van der Waals surface area contributed by atoms with Gasteiger partial charge in [0.15, 0.2) is 0 Å². The fraction of sp³-hybridized carbons (Fsp3) is 0.462. The zero-order valence-corrected chi connectivity index (χ0v) is 19.7. The number of halogens is 1. The Morgan fingerprint density at radius 1 is 0.581 bits per heavy atom. The monoisotopic (exact) mass is 488 g/mol. The summed E-state index contributed by atoms with van der Waals surface area (Å²) in [6.07, 6.45) is 7.81. The van der Waals surface area contributed by atoms with E-state index in [0.29, 0.717) is 13.2 Å². The lowest BCUT2D eigenvalue weighted by molar-refractivity contribution is 0.274. The first-order chi connectivity index (χ1) is 15.3. The second-order valence-electron chi connectivity index (χ2n) is 7.87. The molecule has 2 N–H and O–H groups in total. The fourth-order valence-corrected chi connectivity index (χ4v) is 4.23. The Balaban J connectivity index is 1.86. The van der Waals surface area contributed by atoms with Crippen molar-refractivity contribution in [1.82, 2.24) is 0 Å². The highest BCUT2D eigenvalue weighted by atomic mass is 79.9. The number of rotatable bonds is 14. The SMILES string of the molecule is OCCCCCCOc1c2ccccc2c(OCCCCCCO)c2cc(Br)ccc12. The van der Waals surface area contributed by atoms with Crippen molar-refractivity contribution in [3.8, 4) is 11.5 Å². The molecule has 5 heteroatoms. The van der Waals surface area contributed by atoms with Crippen molar-refractivity contribution in [2.75, 3.05) is 26.4 Å². The third-order valence-corrected chi connectivity index (χ3v) is 5.98. The molecule has 0 bridgehead atoms. The average molecular weight is 489 g/mol. The molecule has 0 saturated heterocycles. The molecular weight excluding hydrogens is 456 g/mol. The van der Waals surface area contributed by atoms with Crippen LogP contribution in [0, 0.1) is 0 Å². The molecule has 0 aliphatic carbocycles. The molecule has 0 aromatic heterocycles. The van der Waals surface area contributed by atoms with Gasteiger partial charge in [-0.3, -0.25) is 0 Å². The van der Waals surface area contributed by atoms with Gasteiger partial charge in [-0.15, -0.1) is 0 Å². The quantitative estimate of drug-likeness (QED) is 0.197. The van der Waals surface area contributed by atoms with E-state index in [1.807, 2.05) is 18.2 Å². The predicted octanol–water partition coefficient (Wildman–Crippen LogP) is 6.62. The number of unbranched alkanes of at least 4 members (excludes halogenated alkanes) is 6. The van der Waals surface area contributed by atoms with Crippen molar-refractivity contribution in [2.24, 2.45) is 0 Å². The van der Waals surface area contributed by atoms with Crippen LogP contribution in [0.25, 0.3) is 21.5 Å². The Morgan fingerprint density at radius 3 is 1.61 bits per heavy atom. The molecule has 4 nitrogen and oxygen atoms in total. The highest BCUT2D eigenvalue weighted by Crippen LogP contribution is 2.43. The molecule has 3 aromatic rings. The average Bonchev–Trinajstić information content (AvgIpc) is 2.79. The minimum absolute atomic E-state index is 0.257. The Hall–Kier alpha value is -1.82. The van der Waals surface area contributed by atoms with Crippen molar-refractivity contribution < 1.29 is 19.7 Å². The van der Waals surface area contributed by atoms with Crippen molar-refractivity contribution in [3.05, 3.63) is 46.9 Å². The maximum atomic E-state index is 8.95. The van der Waals surface area contributed by atoms with Gasteiger partial charge in [0, 0.05) is 39.2 Å². The zero-order valence-electron chi connectivity index (χ0n) is 18.1. The molecule has 168 valence electrons. The molecule has 0 saturated carbocycles. The van der Waals surface area contributed by atoms with E-state index >= 15 is 0 Å². The third-order valence-electron chi connectivity index (χ3n) is 5.48. The normalized spacial score (nSPS) is 11.3. The van der Waals surface area contributed by atoms with Crippen LogP contribution in [0.4, 0.5) is 0 Å². The fourth-order valence-electron chi connectivity index (χ4n) is 3.87. The molecule has 31 heavy (non-hydrogen) atoms. The molecule has 0 aliphatic rings. The number of fused-ring (bicyclic) bond motifs is 2. The van der Waals surface area contributed by atoms with Gasteiger partial charge in [0.25, 0.3) is 0 Å². The predicted molar refractivity (Wildman–Crippen MR) is 131 cm³/mol. The molecule has 3 aromatic carbocycles. The van der Waals surface area contributed by atoms with E-state index in [9.17, 15) is 0 Å². The first kappa shape index (κ1) is 23.8. The van der Waals surface area contributed by atoms with Crippen LogP contribution in [0.5, 0.6) is 11.5 Å². The zero-order chi connectivity index (χ0) is 21.9. The number of aliphatic hydroxyl groups is 2. The Labute approximate surface area is 193 Å². The molecule has 3 rings (SSSR count). The van der Waals surface area contributed by atoms with Gasteiger partial charge in [-0.2, -0.15) is 0 Å². The van der Waals surface area contributed by atoms with Crippen LogP contribution in [0.15, 0.2) is 46.9 Å². The van der Waals surface area contributed by atoms with Crippen molar-refractivity contribution in [2.45, 2.75) is 51.4 Å². The van der Waals surface area contributed by atoms with Gasteiger partial charge in [-0.1, -0.05) is 53.0 Å².